The summed E-state index contributed by atoms with van der Waals surface area (Å²) < 4.78 is 1.11. The third-order valence-electron chi connectivity index (χ3n) is 2.86. The molecule has 2 aromatic carbocycles. The lowest BCUT2D eigenvalue weighted by molar-refractivity contribution is 0.690. The quantitative estimate of drug-likeness (QED) is 0.859. The van der Waals surface area contributed by atoms with Crippen LogP contribution in [0.15, 0.2) is 46.9 Å². The summed E-state index contributed by atoms with van der Waals surface area (Å²) in [5.74, 6) is 0. The molecule has 0 unspecified atom stereocenters. The van der Waals surface area contributed by atoms with Crippen molar-refractivity contribution in [1.29, 1.82) is 0 Å². The second-order valence-electron chi connectivity index (χ2n) is 4.30. The number of nitrogens with one attached hydrogen (secondary N) is 1. The maximum atomic E-state index is 5.94. The molecule has 0 spiro atoms. The minimum Gasteiger partial charge on any atom is -0.309 e. The average molecular weight is 325 g/mol. The van der Waals surface area contributed by atoms with E-state index < -0.39 is 0 Å². The summed E-state index contributed by atoms with van der Waals surface area (Å²) in [6, 6.07) is 14.4. The van der Waals surface area contributed by atoms with Crippen LogP contribution in [0.25, 0.3) is 0 Å². The first-order chi connectivity index (χ1) is 8.65. The predicted octanol–water partition coefficient (Wildman–Crippen LogP) is 4.70. The van der Waals surface area contributed by atoms with Crippen molar-refractivity contribution in [2.45, 2.75) is 20.0 Å². The highest BCUT2D eigenvalue weighted by molar-refractivity contribution is 9.10. The van der Waals surface area contributed by atoms with Gasteiger partial charge in [-0.25, -0.2) is 0 Å². The molecule has 0 aliphatic carbocycles. The molecule has 0 saturated heterocycles. The molecule has 3 heteroatoms. The molecule has 2 aromatic rings. The fourth-order valence-corrected chi connectivity index (χ4v) is 2.29. The number of benzene rings is 2. The zero-order chi connectivity index (χ0) is 13.0. The van der Waals surface area contributed by atoms with Crippen LogP contribution in [-0.2, 0) is 13.1 Å². The summed E-state index contributed by atoms with van der Waals surface area (Å²) in [5.41, 5.74) is 3.80. The van der Waals surface area contributed by atoms with Gasteiger partial charge in [-0.15, -0.1) is 0 Å². The summed E-state index contributed by atoms with van der Waals surface area (Å²) in [6.07, 6.45) is 0. The van der Waals surface area contributed by atoms with E-state index in [1.165, 1.54) is 16.7 Å². The summed E-state index contributed by atoms with van der Waals surface area (Å²) in [5, 5.41) is 4.23. The highest BCUT2D eigenvalue weighted by Crippen LogP contribution is 2.15. The van der Waals surface area contributed by atoms with Gasteiger partial charge >= 0.3 is 0 Å². The molecule has 0 fully saturated rings. The average Bonchev–Trinajstić information content (AvgIpc) is 2.34. The lowest BCUT2D eigenvalue weighted by Crippen LogP contribution is -2.13. The van der Waals surface area contributed by atoms with Crippen molar-refractivity contribution in [1.82, 2.24) is 5.32 Å². The Morgan fingerprint density at radius 1 is 1.06 bits per heavy atom. The van der Waals surface area contributed by atoms with E-state index in [4.69, 9.17) is 11.6 Å². The third-order valence-corrected chi connectivity index (χ3v) is 3.63. The first-order valence-electron chi connectivity index (χ1n) is 5.85. The summed E-state index contributed by atoms with van der Waals surface area (Å²) in [4.78, 5) is 0. The fraction of sp³-hybridized carbons (Fsp3) is 0.200. The Morgan fingerprint density at radius 2 is 1.78 bits per heavy atom. The smallest absolute Gasteiger partial charge is 0.0408 e. The van der Waals surface area contributed by atoms with Crippen LogP contribution in [-0.4, -0.2) is 0 Å². The Hall–Kier alpha value is -0.830. The van der Waals surface area contributed by atoms with E-state index in [1.54, 1.807) is 0 Å². The van der Waals surface area contributed by atoms with Gasteiger partial charge in [0.15, 0.2) is 0 Å². The molecule has 0 bridgehead atoms. The highest BCUT2D eigenvalue weighted by atomic mass is 79.9. The molecular weight excluding hydrogens is 310 g/mol. The molecule has 0 heterocycles. The van der Waals surface area contributed by atoms with Gasteiger partial charge in [0.2, 0.25) is 0 Å². The van der Waals surface area contributed by atoms with Gasteiger partial charge in [-0.05, 0) is 47.9 Å². The van der Waals surface area contributed by atoms with E-state index in [0.29, 0.717) is 0 Å². The standard InChI is InChI=1S/C15H15BrClN/c1-11-8-15(17)7-4-13(11)10-18-9-12-2-5-14(16)6-3-12/h2-8,18H,9-10H2,1H3. The lowest BCUT2D eigenvalue weighted by atomic mass is 10.1. The first kappa shape index (κ1) is 13.6. The van der Waals surface area contributed by atoms with Crippen LogP contribution in [0.1, 0.15) is 16.7 Å². The van der Waals surface area contributed by atoms with Gasteiger partial charge in [0.1, 0.15) is 0 Å². The van der Waals surface area contributed by atoms with Crippen molar-refractivity contribution in [2.75, 3.05) is 0 Å². The molecule has 1 nitrogen and oxygen atoms in total. The molecule has 0 saturated carbocycles. The first-order valence-corrected chi connectivity index (χ1v) is 7.02. The zero-order valence-corrected chi connectivity index (χ0v) is 12.6. The maximum Gasteiger partial charge on any atom is 0.0408 e. The molecule has 94 valence electrons. The molecule has 0 atom stereocenters. The summed E-state index contributed by atoms with van der Waals surface area (Å²) in [6.45, 7) is 3.82. The minimum atomic E-state index is 0.796. The van der Waals surface area contributed by atoms with Crippen LogP contribution in [0.2, 0.25) is 5.02 Å². The van der Waals surface area contributed by atoms with E-state index >= 15 is 0 Å². The minimum absolute atomic E-state index is 0.796. The molecule has 0 amide bonds. The van der Waals surface area contributed by atoms with Crippen molar-refractivity contribution in [2.24, 2.45) is 0 Å². The number of hydrogen-bond acceptors (Lipinski definition) is 1. The monoisotopic (exact) mass is 323 g/mol. The molecule has 1 N–H and O–H groups in total. The van der Waals surface area contributed by atoms with E-state index in [-0.39, 0.29) is 0 Å². The number of aryl methyl sites for hydroxylation is 1. The topological polar surface area (TPSA) is 12.0 Å². The lowest BCUT2D eigenvalue weighted by Gasteiger charge is -2.08. The van der Waals surface area contributed by atoms with Gasteiger partial charge < -0.3 is 5.32 Å². The normalized spacial score (nSPS) is 10.6. The summed E-state index contributed by atoms with van der Waals surface area (Å²) in [7, 11) is 0. The molecule has 18 heavy (non-hydrogen) atoms. The van der Waals surface area contributed by atoms with Crippen molar-refractivity contribution in [3.63, 3.8) is 0 Å². The molecule has 0 aromatic heterocycles. The van der Waals surface area contributed by atoms with Crippen molar-refractivity contribution in [3.8, 4) is 0 Å². The van der Waals surface area contributed by atoms with Crippen molar-refractivity contribution < 1.29 is 0 Å². The van der Waals surface area contributed by atoms with Crippen LogP contribution in [0.5, 0.6) is 0 Å². The Morgan fingerprint density at radius 3 is 2.44 bits per heavy atom. The fourth-order valence-electron chi connectivity index (χ4n) is 1.80. The van der Waals surface area contributed by atoms with Gasteiger partial charge in [-0.2, -0.15) is 0 Å². The molecule has 0 aliphatic heterocycles. The summed E-state index contributed by atoms with van der Waals surface area (Å²) >= 11 is 9.37. The van der Waals surface area contributed by atoms with Crippen LogP contribution in [0.4, 0.5) is 0 Å². The maximum absolute atomic E-state index is 5.94. The van der Waals surface area contributed by atoms with E-state index in [2.05, 4.69) is 58.5 Å². The second-order valence-corrected chi connectivity index (χ2v) is 5.65. The third kappa shape index (κ3) is 3.84. The van der Waals surface area contributed by atoms with Crippen LogP contribution in [0, 0.1) is 6.92 Å². The zero-order valence-electron chi connectivity index (χ0n) is 10.2. The van der Waals surface area contributed by atoms with Gasteiger partial charge in [0, 0.05) is 22.6 Å². The largest absolute Gasteiger partial charge is 0.309 e. The molecule has 0 aliphatic rings. The number of rotatable bonds is 4. The molecule has 0 radical (unpaired) electrons. The van der Waals surface area contributed by atoms with Crippen molar-refractivity contribution in [3.05, 3.63) is 68.7 Å². The molecular formula is C15H15BrClN. The molecule has 2 rings (SSSR count). The van der Waals surface area contributed by atoms with Gasteiger partial charge in [0.25, 0.3) is 0 Å². The van der Waals surface area contributed by atoms with E-state index in [1.807, 2.05) is 12.1 Å². The Kier molecular flexibility index (Phi) is 4.81. The SMILES string of the molecule is Cc1cc(Cl)ccc1CNCc1ccc(Br)cc1. The van der Waals surface area contributed by atoms with Crippen LogP contribution in [0.3, 0.4) is 0 Å². The van der Waals surface area contributed by atoms with Gasteiger partial charge in [0.05, 0.1) is 0 Å². The van der Waals surface area contributed by atoms with Crippen molar-refractivity contribution >= 4 is 27.5 Å². The Balaban J connectivity index is 1.90. The second kappa shape index (κ2) is 6.37. The van der Waals surface area contributed by atoms with E-state index in [0.717, 1.165) is 22.6 Å². The predicted molar refractivity (Wildman–Crippen MR) is 80.9 cm³/mol. The number of halogens is 2. The van der Waals surface area contributed by atoms with E-state index in [9.17, 15) is 0 Å². The van der Waals surface area contributed by atoms with Gasteiger partial charge in [-0.3, -0.25) is 0 Å². The highest BCUT2D eigenvalue weighted by Gasteiger charge is 1.99. The number of hydrogen-bond donors (Lipinski definition) is 1. The van der Waals surface area contributed by atoms with Crippen LogP contribution < -0.4 is 5.32 Å². The van der Waals surface area contributed by atoms with Gasteiger partial charge in [-0.1, -0.05) is 45.7 Å². The van der Waals surface area contributed by atoms with Crippen LogP contribution >= 0.6 is 27.5 Å². The Labute approximate surface area is 121 Å². The Bertz CT molecular complexity index is 523.